The Labute approximate surface area is 163 Å². The predicted molar refractivity (Wildman–Crippen MR) is 103 cm³/mol. The van der Waals surface area contributed by atoms with Gasteiger partial charge in [-0.3, -0.25) is 10.1 Å². The summed E-state index contributed by atoms with van der Waals surface area (Å²) in [5.41, 5.74) is 1.90. The second-order valence-electron chi connectivity index (χ2n) is 5.42. The normalized spacial score (nSPS) is 15.0. The van der Waals surface area contributed by atoms with E-state index in [2.05, 4.69) is 26.6 Å². The Morgan fingerprint density at radius 2 is 1.96 bits per heavy atom. The minimum atomic E-state index is -0.297. The quantitative estimate of drug-likeness (QED) is 0.554. The standard InChI is InChI=1S/C18H14BrFN2O3S/c1-24-15-8-11(7-14-17(23)22-18(26)21-14)6-13(19)16(15)25-9-10-2-4-12(20)5-3-10/h2-8H,9H2,1H3,(H2,21,22,23,26)/b14-7+. The Bertz CT molecular complexity index is 900. The number of halogens is 2. The second kappa shape index (κ2) is 7.84. The highest BCUT2D eigenvalue weighted by Crippen LogP contribution is 2.37. The molecule has 1 aliphatic rings. The largest absolute Gasteiger partial charge is 0.493 e. The van der Waals surface area contributed by atoms with Crippen LogP contribution in [-0.4, -0.2) is 18.1 Å². The van der Waals surface area contributed by atoms with E-state index in [0.717, 1.165) is 11.1 Å². The smallest absolute Gasteiger partial charge is 0.273 e. The van der Waals surface area contributed by atoms with Gasteiger partial charge in [-0.1, -0.05) is 12.1 Å². The zero-order valence-corrected chi connectivity index (χ0v) is 16.0. The van der Waals surface area contributed by atoms with E-state index in [4.69, 9.17) is 21.7 Å². The van der Waals surface area contributed by atoms with Crippen LogP contribution < -0.4 is 20.1 Å². The highest BCUT2D eigenvalue weighted by Gasteiger charge is 2.20. The molecule has 0 saturated carbocycles. The molecule has 1 aliphatic heterocycles. The summed E-state index contributed by atoms with van der Waals surface area (Å²) in [5.74, 6) is 0.420. The molecule has 2 aromatic rings. The van der Waals surface area contributed by atoms with E-state index in [9.17, 15) is 9.18 Å². The molecular weight excluding hydrogens is 423 g/mol. The molecule has 134 valence electrons. The molecule has 1 heterocycles. The van der Waals surface area contributed by atoms with E-state index >= 15 is 0 Å². The molecular formula is C18H14BrFN2O3S. The van der Waals surface area contributed by atoms with Crippen molar-refractivity contribution in [2.45, 2.75) is 6.61 Å². The van der Waals surface area contributed by atoms with Crippen LogP contribution in [0.15, 0.2) is 46.6 Å². The number of rotatable bonds is 5. The highest BCUT2D eigenvalue weighted by atomic mass is 79.9. The summed E-state index contributed by atoms with van der Waals surface area (Å²) >= 11 is 8.37. The fourth-order valence-electron chi connectivity index (χ4n) is 2.35. The van der Waals surface area contributed by atoms with Crippen molar-refractivity contribution < 1.29 is 18.7 Å². The van der Waals surface area contributed by atoms with Crippen molar-refractivity contribution in [3.05, 3.63) is 63.5 Å². The van der Waals surface area contributed by atoms with Crippen LogP contribution in [0.1, 0.15) is 11.1 Å². The summed E-state index contributed by atoms with van der Waals surface area (Å²) in [6, 6.07) is 9.61. The third-order valence-electron chi connectivity index (χ3n) is 3.58. The molecule has 3 rings (SSSR count). The summed E-state index contributed by atoms with van der Waals surface area (Å²) in [4.78, 5) is 11.8. The first-order valence-corrected chi connectivity index (χ1v) is 8.75. The van der Waals surface area contributed by atoms with Crippen LogP contribution in [0.5, 0.6) is 11.5 Å². The summed E-state index contributed by atoms with van der Waals surface area (Å²) < 4.78 is 24.9. The third kappa shape index (κ3) is 4.20. The van der Waals surface area contributed by atoms with E-state index in [1.807, 2.05) is 0 Å². The number of amides is 1. The fraction of sp³-hybridized carbons (Fsp3) is 0.111. The molecule has 2 aromatic carbocycles. The van der Waals surface area contributed by atoms with Crippen molar-refractivity contribution in [1.82, 2.24) is 10.6 Å². The molecule has 0 aromatic heterocycles. The number of hydrogen-bond acceptors (Lipinski definition) is 4. The Morgan fingerprint density at radius 1 is 1.23 bits per heavy atom. The Balaban J connectivity index is 1.83. The van der Waals surface area contributed by atoms with Crippen molar-refractivity contribution in [3.63, 3.8) is 0 Å². The molecule has 0 atom stereocenters. The van der Waals surface area contributed by atoms with Crippen LogP contribution in [0.25, 0.3) is 6.08 Å². The van der Waals surface area contributed by atoms with Crippen molar-refractivity contribution in [3.8, 4) is 11.5 Å². The van der Waals surface area contributed by atoms with Gasteiger partial charge in [-0.25, -0.2) is 4.39 Å². The molecule has 0 unspecified atom stereocenters. The van der Waals surface area contributed by atoms with Gasteiger partial charge in [0.1, 0.15) is 18.1 Å². The van der Waals surface area contributed by atoms with Crippen LogP contribution in [-0.2, 0) is 11.4 Å². The van der Waals surface area contributed by atoms with Crippen molar-refractivity contribution >= 4 is 45.2 Å². The van der Waals surface area contributed by atoms with Crippen molar-refractivity contribution in [2.24, 2.45) is 0 Å². The third-order valence-corrected chi connectivity index (χ3v) is 4.37. The molecule has 5 nitrogen and oxygen atoms in total. The zero-order valence-electron chi connectivity index (χ0n) is 13.6. The molecule has 0 radical (unpaired) electrons. The first kappa shape index (κ1) is 18.3. The molecule has 0 aliphatic carbocycles. The Morgan fingerprint density at radius 3 is 2.58 bits per heavy atom. The predicted octanol–water partition coefficient (Wildman–Crippen LogP) is 3.52. The number of carbonyl (C=O) groups excluding carboxylic acids is 1. The summed E-state index contributed by atoms with van der Waals surface area (Å²) in [5, 5.41) is 5.56. The maximum Gasteiger partial charge on any atom is 0.273 e. The van der Waals surface area contributed by atoms with Crippen molar-refractivity contribution in [1.29, 1.82) is 0 Å². The van der Waals surface area contributed by atoms with Gasteiger partial charge in [0.2, 0.25) is 0 Å². The molecule has 0 spiro atoms. The maximum absolute atomic E-state index is 13.0. The number of methoxy groups -OCH3 is 1. The fourth-order valence-corrected chi connectivity index (χ4v) is 3.13. The van der Waals surface area contributed by atoms with E-state index < -0.39 is 0 Å². The van der Waals surface area contributed by atoms with Crippen LogP contribution in [0.3, 0.4) is 0 Å². The lowest BCUT2D eigenvalue weighted by atomic mass is 10.1. The minimum Gasteiger partial charge on any atom is -0.493 e. The van der Waals surface area contributed by atoms with Gasteiger partial charge in [-0.05, 0) is 69.6 Å². The van der Waals surface area contributed by atoms with Gasteiger partial charge >= 0.3 is 0 Å². The summed E-state index contributed by atoms with van der Waals surface area (Å²) in [6.45, 7) is 0.258. The van der Waals surface area contributed by atoms with E-state index in [-0.39, 0.29) is 23.4 Å². The topological polar surface area (TPSA) is 59.6 Å². The van der Waals surface area contributed by atoms with E-state index in [1.54, 1.807) is 30.3 Å². The van der Waals surface area contributed by atoms with Crippen LogP contribution >= 0.6 is 28.1 Å². The molecule has 8 heteroatoms. The number of thiocarbonyl (C=S) groups is 1. The van der Waals surface area contributed by atoms with Crippen LogP contribution in [0, 0.1) is 5.82 Å². The summed E-state index contributed by atoms with van der Waals surface area (Å²) in [7, 11) is 1.53. The van der Waals surface area contributed by atoms with E-state index in [0.29, 0.717) is 21.7 Å². The SMILES string of the molecule is COc1cc(/C=C2/NC(=S)NC2=O)cc(Br)c1OCc1ccc(F)cc1. The highest BCUT2D eigenvalue weighted by molar-refractivity contribution is 9.10. The average Bonchev–Trinajstić information content (AvgIpc) is 2.92. The maximum atomic E-state index is 13.0. The Hall–Kier alpha value is -2.45. The molecule has 1 saturated heterocycles. The van der Waals surface area contributed by atoms with Crippen molar-refractivity contribution in [2.75, 3.05) is 7.11 Å². The lowest BCUT2D eigenvalue weighted by Crippen LogP contribution is -2.21. The lowest BCUT2D eigenvalue weighted by Gasteiger charge is -2.14. The Kier molecular flexibility index (Phi) is 5.53. The molecule has 1 amide bonds. The van der Waals surface area contributed by atoms with Crippen LogP contribution in [0.4, 0.5) is 4.39 Å². The number of benzene rings is 2. The zero-order chi connectivity index (χ0) is 18.7. The van der Waals surface area contributed by atoms with E-state index in [1.165, 1.54) is 19.2 Å². The average molecular weight is 437 g/mol. The number of hydrogen-bond donors (Lipinski definition) is 2. The van der Waals surface area contributed by atoms with Gasteiger partial charge in [0.25, 0.3) is 5.91 Å². The van der Waals surface area contributed by atoms with Gasteiger partial charge in [0.05, 0.1) is 11.6 Å². The molecule has 1 fully saturated rings. The van der Waals surface area contributed by atoms with Gasteiger partial charge in [0, 0.05) is 0 Å². The van der Waals surface area contributed by atoms with Gasteiger partial charge in [0.15, 0.2) is 16.6 Å². The lowest BCUT2D eigenvalue weighted by molar-refractivity contribution is -0.115. The number of carbonyl (C=O) groups is 1. The minimum absolute atomic E-state index is 0.258. The number of nitrogens with one attached hydrogen (secondary N) is 2. The van der Waals surface area contributed by atoms with Gasteiger partial charge in [-0.2, -0.15) is 0 Å². The van der Waals surface area contributed by atoms with Gasteiger partial charge < -0.3 is 14.8 Å². The number of ether oxygens (including phenoxy) is 2. The molecule has 0 bridgehead atoms. The van der Waals surface area contributed by atoms with Crippen LogP contribution in [0.2, 0.25) is 0 Å². The first-order valence-electron chi connectivity index (χ1n) is 7.55. The first-order chi connectivity index (χ1) is 12.5. The second-order valence-corrected chi connectivity index (χ2v) is 6.68. The molecule has 2 N–H and O–H groups in total. The van der Waals surface area contributed by atoms with Gasteiger partial charge in [-0.15, -0.1) is 0 Å². The summed E-state index contributed by atoms with van der Waals surface area (Å²) in [6.07, 6.45) is 1.66. The monoisotopic (exact) mass is 436 g/mol. The molecule has 26 heavy (non-hydrogen) atoms.